The van der Waals surface area contributed by atoms with E-state index >= 15 is 0 Å². The largest absolute Gasteiger partial charge is 0.371 e. The highest BCUT2D eigenvalue weighted by Gasteiger charge is 2.23. The highest BCUT2D eigenvalue weighted by molar-refractivity contribution is 6.32. The van der Waals surface area contributed by atoms with Gasteiger partial charge >= 0.3 is 0 Å². The molecule has 1 aliphatic heterocycles. The van der Waals surface area contributed by atoms with E-state index in [4.69, 9.17) is 11.6 Å². The van der Waals surface area contributed by atoms with Crippen LogP contribution in [0.1, 0.15) is 19.4 Å². The number of hydrogen-bond donors (Lipinski definition) is 0. The van der Waals surface area contributed by atoms with Gasteiger partial charge in [-0.3, -0.25) is 4.68 Å². The van der Waals surface area contributed by atoms with Crippen molar-refractivity contribution in [3.05, 3.63) is 35.1 Å². The number of hydrogen-bond acceptors (Lipinski definition) is 2. The van der Waals surface area contributed by atoms with Gasteiger partial charge in [-0.25, -0.2) is 0 Å². The summed E-state index contributed by atoms with van der Waals surface area (Å²) in [5.74, 6) is 0.654. The van der Waals surface area contributed by atoms with Gasteiger partial charge in [0.15, 0.2) is 0 Å². The lowest BCUT2D eigenvalue weighted by Gasteiger charge is -2.22. The van der Waals surface area contributed by atoms with Gasteiger partial charge in [0, 0.05) is 42.6 Å². The average molecular weight is 290 g/mol. The van der Waals surface area contributed by atoms with Crippen LogP contribution in [0.2, 0.25) is 5.02 Å². The summed E-state index contributed by atoms with van der Waals surface area (Å²) in [5, 5.41) is 5.13. The quantitative estimate of drug-likeness (QED) is 0.858. The van der Waals surface area contributed by atoms with Gasteiger partial charge in [-0.2, -0.15) is 5.10 Å². The first kappa shape index (κ1) is 13.5. The minimum absolute atomic E-state index is 0.654. The number of nitrogens with zero attached hydrogens (tertiary/aromatic N) is 3. The van der Waals surface area contributed by atoms with Crippen molar-refractivity contribution >= 4 is 17.3 Å². The predicted octanol–water partition coefficient (Wildman–Crippen LogP) is 3.76. The van der Waals surface area contributed by atoms with Gasteiger partial charge in [-0.1, -0.05) is 25.4 Å². The van der Waals surface area contributed by atoms with Crippen molar-refractivity contribution in [3.63, 3.8) is 0 Å². The van der Waals surface area contributed by atoms with Gasteiger partial charge in [-0.15, -0.1) is 0 Å². The van der Waals surface area contributed by atoms with Crippen LogP contribution in [0, 0.1) is 5.92 Å². The van der Waals surface area contributed by atoms with Crippen LogP contribution in [0.5, 0.6) is 0 Å². The van der Waals surface area contributed by atoms with E-state index in [1.807, 2.05) is 24.1 Å². The lowest BCUT2D eigenvalue weighted by molar-refractivity contribution is 0.622. The monoisotopic (exact) mass is 289 g/mol. The fourth-order valence-electron chi connectivity index (χ4n) is 2.89. The topological polar surface area (TPSA) is 21.1 Å². The summed E-state index contributed by atoms with van der Waals surface area (Å²) in [6.45, 7) is 6.67. The second-order valence-electron chi connectivity index (χ2n) is 5.95. The zero-order valence-corrected chi connectivity index (χ0v) is 13.0. The molecule has 4 heteroatoms. The van der Waals surface area contributed by atoms with Crippen molar-refractivity contribution in [2.24, 2.45) is 13.0 Å². The maximum atomic E-state index is 6.48. The van der Waals surface area contributed by atoms with Crippen molar-refractivity contribution < 1.29 is 0 Å². The lowest BCUT2D eigenvalue weighted by Crippen LogP contribution is -2.25. The van der Waals surface area contributed by atoms with E-state index in [2.05, 4.69) is 36.0 Å². The van der Waals surface area contributed by atoms with Gasteiger partial charge in [0.2, 0.25) is 0 Å². The first-order chi connectivity index (χ1) is 9.54. The fourth-order valence-corrected chi connectivity index (χ4v) is 3.20. The van der Waals surface area contributed by atoms with E-state index < -0.39 is 0 Å². The Bertz CT molecular complexity index is 631. The third-order valence-electron chi connectivity index (χ3n) is 3.77. The predicted molar refractivity (Wildman–Crippen MR) is 84.4 cm³/mol. The first-order valence-electron chi connectivity index (χ1n) is 7.11. The molecule has 0 saturated heterocycles. The van der Waals surface area contributed by atoms with Gasteiger partial charge in [0.1, 0.15) is 0 Å². The summed E-state index contributed by atoms with van der Waals surface area (Å²) in [7, 11) is 1.93. The summed E-state index contributed by atoms with van der Waals surface area (Å²) < 4.78 is 1.82. The minimum Gasteiger partial charge on any atom is -0.371 e. The van der Waals surface area contributed by atoms with E-state index in [1.165, 1.54) is 11.3 Å². The number of fused-ring (bicyclic) bond motifs is 1. The summed E-state index contributed by atoms with van der Waals surface area (Å²) in [6, 6.07) is 4.32. The van der Waals surface area contributed by atoms with E-state index in [0.29, 0.717) is 5.92 Å². The highest BCUT2D eigenvalue weighted by Crippen LogP contribution is 2.38. The SMILES string of the molecule is CC(C)CN1CCc2c(Cl)cc(-c3cnn(C)c3)cc21. The van der Waals surface area contributed by atoms with Crippen LogP contribution in [-0.4, -0.2) is 22.9 Å². The Balaban J connectivity index is 2.02. The van der Waals surface area contributed by atoms with Crippen LogP contribution in [0.3, 0.4) is 0 Å². The molecule has 1 aliphatic rings. The normalized spacial score (nSPS) is 14.2. The smallest absolute Gasteiger partial charge is 0.0568 e. The van der Waals surface area contributed by atoms with Crippen LogP contribution < -0.4 is 4.90 Å². The Morgan fingerprint density at radius 3 is 2.75 bits per heavy atom. The number of anilines is 1. The molecule has 0 spiro atoms. The molecular formula is C16H20ClN3. The minimum atomic E-state index is 0.654. The number of halogens is 1. The summed E-state index contributed by atoms with van der Waals surface area (Å²) >= 11 is 6.48. The van der Waals surface area contributed by atoms with Crippen molar-refractivity contribution in [3.8, 4) is 11.1 Å². The maximum absolute atomic E-state index is 6.48. The van der Waals surface area contributed by atoms with Crippen molar-refractivity contribution in [1.29, 1.82) is 0 Å². The van der Waals surface area contributed by atoms with Crippen LogP contribution in [0.15, 0.2) is 24.5 Å². The molecule has 3 nitrogen and oxygen atoms in total. The Morgan fingerprint density at radius 2 is 2.10 bits per heavy atom. The third kappa shape index (κ3) is 2.42. The van der Waals surface area contributed by atoms with E-state index in [9.17, 15) is 0 Å². The second kappa shape index (κ2) is 5.13. The van der Waals surface area contributed by atoms with Crippen LogP contribution in [-0.2, 0) is 13.5 Å². The summed E-state index contributed by atoms with van der Waals surface area (Å²) in [6.07, 6.45) is 4.97. The number of benzene rings is 1. The molecular weight excluding hydrogens is 270 g/mol. The lowest BCUT2D eigenvalue weighted by atomic mass is 10.0. The summed E-state index contributed by atoms with van der Waals surface area (Å²) in [5.41, 5.74) is 4.86. The Labute approximate surface area is 125 Å². The molecule has 2 heterocycles. The van der Waals surface area contributed by atoms with Gasteiger partial charge in [0.25, 0.3) is 0 Å². The molecule has 3 rings (SSSR count). The molecule has 0 fully saturated rings. The molecule has 0 amide bonds. The Morgan fingerprint density at radius 1 is 1.30 bits per heavy atom. The molecule has 20 heavy (non-hydrogen) atoms. The third-order valence-corrected chi connectivity index (χ3v) is 4.11. The van der Waals surface area contributed by atoms with Gasteiger partial charge in [-0.05, 0) is 35.6 Å². The van der Waals surface area contributed by atoms with Gasteiger partial charge < -0.3 is 4.90 Å². The fraction of sp³-hybridized carbons (Fsp3) is 0.438. The van der Waals surface area contributed by atoms with Crippen LogP contribution in [0.25, 0.3) is 11.1 Å². The van der Waals surface area contributed by atoms with Crippen molar-refractivity contribution in [2.75, 3.05) is 18.0 Å². The zero-order chi connectivity index (χ0) is 14.3. The molecule has 0 bridgehead atoms. The van der Waals surface area contributed by atoms with Crippen LogP contribution >= 0.6 is 11.6 Å². The molecule has 0 aliphatic carbocycles. The summed E-state index contributed by atoms with van der Waals surface area (Å²) in [4.78, 5) is 2.45. The van der Waals surface area contributed by atoms with Gasteiger partial charge in [0.05, 0.1) is 6.20 Å². The molecule has 0 radical (unpaired) electrons. The zero-order valence-electron chi connectivity index (χ0n) is 12.2. The molecule has 0 unspecified atom stereocenters. The standard InChI is InChI=1S/C16H20ClN3/c1-11(2)9-20-5-4-14-15(17)6-12(7-16(14)20)13-8-18-19(3)10-13/h6-8,10-11H,4-5,9H2,1-3H3. The maximum Gasteiger partial charge on any atom is 0.0568 e. The number of rotatable bonds is 3. The number of aryl methyl sites for hydroxylation is 1. The van der Waals surface area contributed by atoms with Crippen molar-refractivity contribution in [2.45, 2.75) is 20.3 Å². The van der Waals surface area contributed by atoms with E-state index in [0.717, 1.165) is 35.7 Å². The van der Waals surface area contributed by atoms with E-state index in [1.54, 1.807) is 0 Å². The molecule has 1 aromatic carbocycles. The molecule has 0 atom stereocenters. The number of aromatic nitrogens is 2. The Hall–Kier alpha value is -1.48. The average Bonchev–Trinajstić information content (AvgIpc) is 2.96. The molecule has 2 aromatic rings. The highest BCUT2D eigenvalue weighted by atomic mass is 35.5. The van der Waals surface area contributed by atoms with Crippen LogP contribution in [0.4, 0.5) is 5.69 Å². The van der Waals surface area contributed by atoms with Crippen molar-refractivity contribution in [1.82, 2.24) is 9.78 Å². The molecule has 0 saturated carbocycles. The molecule has 0 N–H and O–H groups in total. The Kier molecular flexibility index (Phi) is 3.47. The second-order valence-corrected chi connectivity index (χ2v) is 6.36. The first-order valence-corrected chi connectivity index (χ1v) is 7.49. The molecule has 106 valence electrons. The van der Waals surface area contributed by atoms with E-state index in [-0.39, 0.29) is 0 Å². The molecule has 1 aromatic heterocycles.